The van der Waals surface area contributed by atoms with Crippen molar-refractivity contribution in [3.63, 3.8) is 0 Å². The zero-order valence-electron chi connectivity index (χ0n) is 11.2. The highest BCUT2D eigenvalue weighted by Crippen LogP contribution is 2.24. The van der Waals surface area contributed by atoms with Gasteiger partial charge in [0.25, 0.3) is 0 Å². The fourth-order valence-electron chi connectivity index (χ4n) is 1.26. The number of rotatable bonds is 5. The van der Waals surface area contributed by atoms with Gasteiger partial charge < -0.3 is 15.8 Å². The molecule has 0 fully saturated rings. The molecule has 0 spiro atoms. The second-order valence-electron chi connectivity index (χ2n) is 4.72. The van der Waals surface area contributed by atoms with E-state index in [1.165, 1.54) is 6.33 Å². The normalized spacial score (nSPS) is 13.3. The minimum Gasteiger partial charge on any atom is -0.478 e. The summed E-state index contributed by atoms with van der Waals surface area (Å²) in [5.41, 5.74) is 6.60. The topological polar surface area (TPSA) is 73.1 Å². The Hall–Kier alpha value is -1.36. The van der Waals surface area contributed by atoms with Crippen LogP contribution in [-0.2, 0) is 0 Å². The first-order valence-corrected chi connectivity index (χ1v) is 5.86. The molecule has 1 rings (SSSR count). The van der Waals surface area contributed by atoms with Gasteiger partial charge in [-0.2, -0.15) is 0 Å². The van der Waals surface area contributed by atoms with Gasteiger partial charge in [0.1, 0.15) is 12.1 Å². The van der Waals surface area contributed by atoms with E-state index in [4.69, 9.17) is 10.5 Å². The number of nitrogens with zero attached hydrogens (tertiary/aromatic N) is 2. The maximum atomic E-state index is 5.93. The van der Waals surface area contributed by atoms with Gasteiger partial charge in [-0.15, -0.1) is 0 Å². The summed E-state index contributed by atoms with van der Waals surface area (Å²) in [4.78, 5) is 8.33. The van der Waals surface area contributed by atoms with Gasteiger partial charge in [-0.3, -0.25) is 0 Å². The molecule has 1 aromatic rings. The summed E-state index contributed by atoms with van der Waals surface area (Å²) in [7, 11) is 0. The highest BCUT2D eigenvalue weighted by molar-refractivity contribution is 5.49. The van der Waals surface area contributed by atoms with Gasteiger partial charge in [-0.25, -0.2) is 9.97 Å². The summed E-state index contributed by atoms with van der Waals surface area (Å²) in [6.45, 7) is 10.5. The molecule has 0 aliphatic carbocycles. The Bertz CT molecular complexity index is 377. The fourth-order valence-corrected chi connectivity index (χ4v) is 1.26. The SMILES string of the molecule is CCOc1ncnc(NC(C)(C)C(C)N)c1C. The predicted octanol–water partition coefficient (Wildman–Crippen LogP) is 1.72. The Labute approximate surface area is 103 Å². The lowest BCUT2D eigenvalue weighted by atomic mass is 9.97. The second-order valence-corrected chi connectivity index (χ2v) is 4.72. The van der Waals surface area contributed by atoms with Crippen LogP contribution in [0, 0.1) is 6.92 Å². The lowest BCUT2D eigenvalue weighted by Gasteiger charge is -2.31. The lowest BCUT2D eigenvalue weighted by Crippen LogP contribution is -2.47. The maximum Gasteiger partial charge on any atom is 0.221 e. The summed E-state index contributed by atoms with van der Waals surface area (Å²) in [6.07, 6.45) is 1.50. The van der Waals surface area contributed by atoms with Crippen molar-refractivity contribution in [2.24, 2.45) is 5.73 Å². The van der Waals surface area contributed by atoms with E-state index in [0.717, 1.165) is 11.4 Å². The molecule has 5 heteroatoms. The number of nitrogens with two attached hydrogens (primary N) is 1. The first-order valence-electron chi connectivity index (χ1n) is 5.86. The van der Waals surface area contributed by atoms with Crippen LogP contribution in [0.4, 0.5) is 5.82 Å². The van der Waals surface area contributed by atoms with Crippen molar-refractivity contribution in [1.82, 2.24) is 9.97 Å². The molecular weight excluding hydrogens is 216 g/mol. The monoisotopic (exact) mass is 238 g/mol. The fraction of sp³-hybridized carbons (Fsp3) is 0.667. The average molecular weight is 238 g/mol. The minimum atomic E-state index is -0.234. The van der Waals surface area contributed by atoms with Crippen molar-refractivity contribution >= 4 is 5.82 Å². The van der Waals surface area contributed by atoms with E-state index in [0.29, 0.717) is 12.5 Å². The van der Waals surface area contributed by atoms with Gasteiger partial charge in [0, 0.05) is 11.6 Å². The van der Waals surface area contributed by atoms with Gasteiger partial charge in [-0.1, -0.05) is 0 Å². The van der Waals surface area contributed by atoms with Crippen LogP contribution in [0.1, 0.15) is 33.3 Å². The summed E-state index contributed by atoms with van der Waals surface area (Å²) in [5.74, 6) is 1.39. The molecule has 1 unspecified atom stereocenters. The van der Waals surface area contributed by atoms with Gasteiger partial charge >= 0.3 is 0 Å². The maximum absolute atomic E-state index is 5.93. The van der Waals surface area contributed by atoms with E-state index in [-0.39, 0.29) is 11.6 Å². The average Bonchev–Trinajstić information content (AvgIpc) is 2.24. The number of ether oxygens (including phenoxy) is 1. The van der Waals surface area contributed by atoms with E-state index >= 15 is 0 Å². The molecule has 0 aromatic carbocycles. The van der Waals surface area contributed by atoms with Crippen molar-refractivity contribution in [2.75, 3.05) is 11.9 Å². The predicted molar refractivity (Wildman–Crippen MR) is 69.3 cm³/mol. The van der Waals surface area contributed by atoms with Gasteiger partial charge in [0.2, 0.25) is 5.88 Å². The van der Waals surface area contributed by atoms with E-state index in [1.54, 1.807) is 0 Å². The summed E-state index contributed by atoms with van der Waals surface area (Å²) in [6, 6.07) is 0.00686. The molecule has 0 radical (unpaired) electrons. The van der Waals surface area contributed by atoms with Gasteiger partial charge in [-0.05, 0) is 34.6 Å². The van der Waals surface area contributed by atoms with Gasteiger partial charge in [0.05, 0.1) is 12.2 Å². The molecular formula is C12H22N4O. The Morgan fingerprint density at radius 2 is 2.12 bits per heavy atom. The van der Waals surface area contributed by atoms with Crippen LogP contribution in [0.2, 0.25) is 0 Å². The molecule has 0 bridgehead atoms. The van der Waals surface area contributed by atoms with Crippen LogP contribution >= 0.6 is 0 Å². The van der Waals surface area contributed by atoms with Crippen LogP contribution in [-0.4, -0.2) is 28.2 Å². The van der Waals surface area contributed by atoms with E-state index in [2.05, 4.69) is 15.3 Å². The first-order chi connectivity index (χ1) is 7.88. The molecule has 1 heterocycles. The van der Waals surface area contributed by atoms with Gasteiger partial charge in [0.15, 0.2) is 0 Å². The summed E-state index contributed by atoms with van der Waals surface area (Å²) >= 11 is 0. The molecule has 0 saturated heterocycles. The zero-order chi connectivity index (χ0) is 13.1. The Morgan fingerprint density at radius 3 is 2.65 bits per heavy atom. The number of nitrogens with one attached hydrogen (secondary N) is 1. The second kappa shape index (κ2) is 5.31. The van der Waals surface area contributed by atoms with Crippen LogP contribution < -0.4 is 15.8 Å². The third kappa shape index (κ3) is 3.30. The number of aromatic nitrogens is 2. The third-order valence-corrected chi connectivity index (χ3v) is 2.90. The van der Waals surface area contributed by atoms with Crippen LogP contribution in [0.3, 0.4) is 0 Å². The first kappa shape index (κ1) is 13.7. The Morgan fingerprint density at radius 1 is 1.47 bits per heavy atom. The number of hydrogen-bond acceptors (Lipinski definition) is 5. The van der Waals surface area contributed by atoms with E-state index in [9.17, 15) is 0 Å². The third-order valence-electron chi connectivity index (χ3n) is 2.90. The molecule has 1 aromatic heterocycles. The van der Waals surface area contributed by atoms with E-state index in [1.807, 2.05) is 34.6 Å². The molecule has 0 amide bonds. The summed E-state index contributed by atoms with van der Waals surface area (Å²) in [5, 5.41) is 3.33. The largest absolute Gasteiger partial charge is 0.478 e. The Balaban J connectivity index is 2.96. The highest BCUT2D eigenvalue weighted by atomic mass is 16.5. The molecule has 0 saturated carbocycles. The smallest absolute Gasteiger partial charge is 0.221 e. The molecule has 3 N–H and O–H groups in total. The van der Waals surface area contributed by atoms with Crippen molar-refractivity contribution in [3.8, 4) is 5.88 Å². The number of anilines is 1. The highest BCUT2D eigenvalue weighted by Gasteiger charge is 2.24. The standard InChI is InChI=1S/C12H22N4O/c1-6-17-11-8(2)10(14-7-15-11)16-12(4,5)9(3)13/h7,9H,6,13H2,1-5H3,(H,14,15,16). The van der Waals surface area contributed by atoms with Crippen molar-refractivity contribution in [3.05, 3.63) is 11.9 Å². The van der Waals surface area contributed by atoms with Crippen LogP contribution in [0.5, 0.6) is 5.88 Å². The van der Waals surface area contributed by atoms with Crippen LogP contribution in [0.15, 0.2) is 6.33 Å². The van der Waals surface area contributed by atoms with E-state index < -0.39 is 0 Å². The number of hydrogen-bond donors (Lipinski definition) is 2. The molecule has 17 heavy (non-hydrogen) atoms. The molecule has 0 aliphatic heterocycles. The molecule has 0 aliphatic rings. The van der Waals surface area contributed by atoms with Crippen molar-refractivity contribution < 1.29 is 4.74 Å². The lowest BCUT2D eigenvalue weighted by molar-refractivity contribution is 0.323. The van der Waals surface area contributed by atoms with Crippen molar-refractivity contribution in [1.29, 1.82) is 0 Å². The molecule has 96 valence electrons. The quantitative estimate of drug-likeness (QED) is 0.817. The zero-order valence-corrected chi connectivity index (χ0v) is 11.2. The van der Waals surface area contributed by atoms with Crippen LogP contribution in [0.25, 0.3) is 0 Å². The molecule has 1 atom stereocenters. The molecule has 5 nitrogen and oxygen atoms in total. The summed E-state index contributed by atoms with van der Waals surface area (Å²) < 4.78 is 5.43. The minimum absolute atomic E-state index is 0.00686. The van der Waals surface area contributed by atoms with Crippen molar-refractivity contribution in [2.45, 2.75) is 46.2 Å². The Kier molecular flexibility index (Phi) is 4.28.